The molecule has 0 aromatic carbocycles. The van der Waals surface area contributed by atoms with Crippen molar-refractivity contribution in [2.24, 2.45) is 0 Å². The van der Waals surface area contributed by atoms with Gasteiger partial charge in [-0.2, -0.15) is 5.26 Å². The minimum Gasteiger partial charge on any atom is -0.392 e. The standard InChI is InChI=1S/C12H19N.C2H3N.C2H6/c1-6-8-12(7-2)10(3)9-11(4)13-5;1-2-3;1-2/h6-9,13H,3H2,1-2,4-5H3;1H3;1-2H3/b8-6-,11-9-,12-7+;;. The summed E-state index contributed by atoms with van der Waals surface area (Å²) in [6.07, 6.45) is 8.17. The lowest BCUT2D eigenvalue weighted by molar-refractivity contribution is 0.987. The average Bonchev–Trinajstić information content (AvgIpc) is 2.38. The summed E-state index contributed by atoms with van der Waals surface area (Å²) < 4.78 is 0. The van der Waals surface area contributed by atoms with Crippen LogP contribution in [0.4, 0.5) is 0 Å². The summed E-state index contributed by atoms with van der Waals surface area (Å²) in [4.78, 5) is 0. The van der Waals surface area contributed by atoms with Gasteiger partial charge in [0.05, 0.1) is 6.07 Å². The summed E-state index contributed by atoms with van der Waals surface area (Å²) in [6.45, 7) is 15.5. The third kappa shape index (κ3) is 14.2. The maximum absolute atomic E-state index is 7.32. The fraction of sp³-hybridized carbons (Fsp3) is 0.438. The van der Waals surface area contributed by atoms with Gasteiger partial charge in [0.2, 0.25) is 0 Å². The summed E-state index contributed by atoms with van der Waals surface area (Å²) in [6, 6.07) is 1.75. The molecule has 102 valence electrons. The molecule has 0 aromatic rings. The summed E-state index contributed by atoms with van der Waals surface area (Å²) in [5, 5.41) is 10.4. The Morgan fingerprint density at radius 1 is 1.28 bits per heavy atom. The molecule has 0 saturated heterocycles. The van der Waals surface area contributed by atoms with Gasteiger partial charge in [-0.05, 0) is 38.0 Å². The van der Waals surface area contributed by atoms with E-state index < -0.39 is 0 Å². The number of nitriles is 1. The Morgan fingerprint density at radius 3 is 2.00 bits per heavy atom. The minimum atomic E-state index is 1.03. The molecule has 0 saturated carbocycles. The van der Waals surface area contributed by atoms with Crippen LogP contribution in [-0.2, 0) is 0 Å². The van der Waals surface area contributed by atoms with Crippen molar-refractivity contribution < 1.29 is 0 Å². The van der Waals surface area contributed by atoms with Crippen LogP contribution < -0.4 is 5.32 Å². The van der Waals surface area contributed by atoms with E-state index in [4.69, 9.17) is 5.26 Å². The second kappa shape index (κ2) is 17.6. The number of hydrogen-bond acceptors (Lipinski definition) is 2. The number of hydrogen-bond donors (Lipinski definition) is 1. The van der Waals surface area contributed by atoms with Crippen LogP contribution in [-0.4, -0.2) is 7.05 Å². The van der Waals surface area contributed by atoms with E-state index in [1.54, 1.807) is 6.07 Å². The molecule has 0 aliphatic rings. The Bertz CT molecular complexity index is 325. The second-order valence-corrected chi connectivity index (χ2v) is 3.07. The molecule has 0 fully saturated rings. The molecule has 0 spiro atoms. The Balaban J connectivity index is -0.000000389. The third-order valence-electron chi connectivity index (χ3n) is 1.81. The molecule has 0 amide bonds. The van der Waals surface area contributed by atoms with Crippen molar-refractivity contribution in [3.05, 3.63) is 47.7 Å². The maximum Gasteiger partial charge on any atom is 0.0587 e. The summed E-state index contributed by atoms with van der Waals surface area (Å²) in [5.74, 6) is 0. The van der Waals surface area contributed by atoms with Crippen LogP contribution >= 0.6 is 0 Å². The SMILES string of the molecule is C=C(/C=C(/C)NC)C(/C=C\C)=C/C.CC.CC#N. The zero-order valence-electron chi connectivity index (χ0n) is 13.0. The van der Waals surface area contributed by atoms with Crippen molar-refractivity contribution in [1.82, 2.24) is 5.32 Å². The van der Waals surface area contributed by atoms with Crippen LogP contribution in [0.5, 0.6) is 0 Å². The first kappa shape index (κ1) is 21.5. The molecule has 0 radical (unpaired) electrons. The van der Waals surface area contributed by atoms with E-state index in [-0.39, 0.29) is 0 Å². The Morgan fingerprint density at radius 2 is 1.72 bits per heavy atom. The first-order valence-electron chi connectivity index (χ1n) is 6.22. The van der Waals surface area contributed by atoms with E-state index in [1.165, 1.54) is 6.92 Å². The lowest BCUT2D eigenvalue weighted by Crippen LogP contribution is -2.01. The van der Waals surface area contributed by atoms with Gasteiger partial charge in [0.25, 0.3) is 0 Å². The summed E-state index contributed by atoms with van der Waals surface area (Å²) in [7, 11) is 1.91. The van der Waals surface area contributed by atoms with E-state index in [1.807, 2.05) is 53.8 Å². The minimum absolute atomic E-state index is 1.03. The van der Waals surface area contributed by atoms with Crippen LogP contribution in [0.25, 0.3) is 0 Å². The van der Waals surface area contributed by atoms with Gasteiger partial charge >= 0.3 is 0 Å². The van der Waals surface area contributed by atoms with Crippen molar-refractivity contribution in [2.75, 3.05) is 7.05 Å². The van der Waals surface area contributed by atoms with Gasteiger partial charge in [0, 0.05) is 19.7 Å². The topological polar surface area (TPSA) is 35.8 Å². The van der Waals surface area contributed by atoms with Crippen LogP contribution in [0, 0.1) is 11.3 Å². The normalized spacial score (nSPS) is 10.6. The van der Waals surface area contributed by atoms with Crippen LogP contribution in [0.2, 0.25) is 0 Å². The van der Waals surface area contributed by atoms with Crippen molar-refractivity contribution in [3.8, 4) is 6.07 Å². The molecule has 0 bridgehead atoms. The van der Waals surface area contributed by atoms with Crippen molar-refractivity contribution in [1.29, 1.82) is 5.26 Å². The summed E-state index contributed by atoms with van der Waals surface area (Å²) >= 11 is 0. The van der Waals surface area contributed by atoms with Gasteiger partial charge in [-0.3, -0.25) is 0 Å². The number of nitrogens with one attached hydrogen (secondary N) is 1. The van der Waals surface area contributed by atoms with Gasteiger partial charge < -0.3 is 5.32 Å². The monoisotopic (exact) mass is 248 g/mol. The van der Waals surface area contributed by atoms with Gasteiger partial charge in [-0.25, -0.2) is 0 Å². The van der Waals surface area contributed by atoms with Gasteiger partial charge in [-0.15, -0.1) is 0 Å². The molecular formula is C16H28N2. The molecule has 18 heavy (non-hydrogen) atoms. The molecule has 0 aliphatic carbocycles. The number of allylic oxidation sites excluding steroid dienone is 7. The molecule has 0 aromatic heterocycles. The first-order valence-corrected chi connectivity index (χ1v) is 6.22. The zero-order chi connectivity index (χ0) is 15.0. The number of nitrogens with zero attached hydrogens (tertiary/aromatic N) is 1. The highest BCUT2D eigenvalue weighted by atomic mass is 14.8. The van der Waals surface area contributed by atoms with Crippen molar-refractivity contribution >= 4 is 0 Å². The second-order valence-electron chi connectivity index (χ2n) is 3.07. The molecule has 2 nitrogen and oxygen atoms in total. The Hall–Kier alpha value is -1.75. The number of rotatable bonds is 4. The van der Waals surface area contributed by atoms with Crippen LogP contribution in [0.15, 0.2) is 47.7 Å². The maximum atomic E-state index is 7.32. The highest BCUT2D eigenvalue weighted by Gasteiger charge is 1.94. The summed E-state index contributed by atoms with van der Waals surface area (Å²) in [5.41, 5.74) is 3.32. The van der Waals surface area contributed by atoms with Crippen molar-refractivity contribution in [3.63, 3.8) is 0 Å². The van der Waals surface area contributed by atoms with E-state index in [0.717, 1.165) is 16.8 Å². The van der Waals surface area contributed by atoms with E-state index >= 15 is 0 Å². The van der Waals surface area contributed by atoms with E-state index in [0.29, 0.717) is 0 Å². The van der Waals surface area contributed by atoms with Crippen molar-refractivity contribution in [2.45, 2.75) is 41.5 Å². The van der Waals surface area contributed by atoms with Gasteiger partial charge in [0.15, 0.2) is 0 Å². The average molecular weight is 248 g/mol. The zero-order valence-corrected chi connectivity index (χ0v) is 13.0. The highest BCUT2D eigenvalue weighted by molar-refractivity contribution is 5.44. The molecule has 2 heteroatoms. The fourth-order valence-electron chi connectivity index (χ4n) is 0.985. The predicted molar refractivity (Wildman–Crippen MR) is 83.2 cm³/mol. The quantitative estimate of drug-likeness (QED) is 0.729. The molecule has 0 atom stereocenters. The van der Waals surface area contributed by atoms with Gasteiger partial charge in [-0.1, -0.05) is 38.7 Å². The van der Waals surface area contributed by atoms with E-state index in [2.05, 4.69) is 24.0 Å². The predicted octanol–water partition coefficient (Wildman–Crippen LogP) is 4.74. The van der Waals surface area contributed by atoms with Crippen LogP contribution in [0.1, 0.15) is 41.5 Å². The smallest absolute Gasteiger partial charge is 0.0587 e. The first-order chi connectivity index (χ1) is 8.56. The highest BCUT2D eigenvalue weighted by Crippen LogP contribution is 2.11. The lowest BCUT2D eigenvalue weighted by atomic mass is 10.1. The Kier molecular flexibility index (Phi) is 21.1. The van der Waals surface area contributed by atoms with E-state index in [9.17, 15) is 0 Å². The Labute approximate surface area is 113 Å². The fourth-order valence-corrected chi connectivity index (χ4v) is 0.985. The third-order valence-corrected chi connectivity index (χ3v) is 1.81. The molecule has 0 aliphatic heterocycles. The van der Waals surface area contributed by atoms with Crippen LogP contribution in [0.3, 0.4) is 0 Å². The lowest BCUT2D eigenvalue weighted by Gasteiger charge is -2.03. The molecule has 0 rings (SSSR count). The van der Waals surface area contributed by atoms with Gasteiger partial charge in [0.1, 0.15) is 0 Å². The molecule has 1 N–H and O–H groups in total. The molecule has 0 unspecified atom stereocenters. The largest absolute Gasteiger partial charge is 0.392 e. The molecule has 0 heterocycles. The molecular weight excluding hydrogens is 220 g/mol.